The fraction of sp³-hybridized carbons (Fsp3) is 0.909. The number of amides is 1. The van der Waals surface area contributed by atoms with Crippen LogP contribution in [0.15, 0.2) is 0 Å². The summed E-state index contributed by atoms with van der Waals surface area (Å²) in [6.07, 6.45) is 3.35. The Morgan fingerprint density at radius 1 is 1.47 bits per heavy atom. The lowest BCUT2D eigenvalue weighted by Crippen LogP contribution is -2.49. The van der Waals surface area contributed by atoms with Gasteiger partial charge in [0, 0.05) is 16.9 Å². The number of carbonyl (C=O) groups is 1. The van der Waals surface area contributed by atoms with E-state index >= 15 is 0 Å². The summed E-state index contributed by atoms with van der Waals surface area (Å²) in [4.78, 5) is 14.8. The predicted octanol–water partition coefficient (Wildman–Crippen LogP) is 2.66. The zero-order chi connectivity index (χ0) is 11.1. The molecule has 2 aliphatic rings. The number of thioether (sulfide) groups is 1. The van der Waals surface area contributed by atoms with Crippen LogP contribution in [-0.2, 0) is 4.79 Å². The SMILES string of the molecule is CC1(C)C(Br)CCN1C(=O)C1CCCS1. The van der Waals surface area contributed by atoms with Crippen LogP contribution in [0.25, 0.3) is 0 Å². The molecule has 2 saturated heterocycles. The molecule has 0 saturated carbocycles. The second-order valence-corrected chi connectivity index (χ2v) is 7.32. The third-order valence-electron chi connectivity index (χ3n) is 3.54. The minimum absolute atomic E-state index is 0.0137. The lowest BCUT2D eigenvalue weighted by Gasteiger charge is -2.35. The molecule has 0 spiro atoms. The first-order valence-electron chi connectivity index (χ1n) is 5.60. The van der Waals surface area contributed by atoms with Gasteiger partial charge in [0.2, 0.25) is 5.91 Å². The normalized spacial score (nSPS) is 34.7. The molecule has 0 aliphatic carbocycles. The van der Waals surface area contributed by atoms with Crippen LogP contribution >= 0.6 is 27.7 Å². The minimum atomic E-state index is -0.0137. The molecular formula is C11H18BrNOS. The molecule has 0 bridgehead atoms. The van der Waals surface area contributed by atoms with Crippen molar-refractivity contribution < 1.29 is 4.79 Å². The van der Waals surface area contributed by atoms with Gasteiger partial charge in [-0.1, -0.05) is 15.9 Å². The summed E-state index contributed by atoms with van der Waals surface area (Å²) in [7, 11) is 0. The van der Waals surface area contributed by atoms with Gasteiger partial charge in [0.05, 0.1) is 5.25 Å². The van der Waals surface area contributed by atoms with Crippen molar-refractivity contribution in [1.29, 1.82) is 0 Å². The van der Waals surface area contributed by atoms with Gasteiger partial charge in [-0.25, -0.2) is 0 Å². The van der Waals surface area contributed by atoms with Crippen molar-refractivity contribution in [2.45, 2.75) is 48.7 Å². The summed E-state index contributed by atoms with van der Waals surface area (Å²) in [6.45, 7) is 5.24. The van der Waals surface area contributed by atoms with E-state index in [1.165, 1.54) is 6.42 Å². The maximum Gasteiger partial charge on any atom is 0.236 e. The number of hydrogen-bond donors (Lipinski definition) is 0. The molecular weight excluding hydrogens is 274 g/mol. The van der Waals surface area contributed by atoms with Crippen molar-refractivity contribution in [3.8, 4) is 0 Å². The molecule has 2 nitrogen and oxygen atoms in total. The third kappa shape index (κ3) is 2.07. The standard InChI is InChI=1S/C11H18BrNOS/c1-11(2)9(12)5-6-13(11)10(14)8-4-3-7-15-8/h8-9H,3-7H2,1-2H3. The molecule has 2 unspecified atom stereocenters. The van der Waals surface area contributed by atoms with Crippen LogP contribution < -0.4 is 0 Å². The molecule has 2 fully saturated rings. The quantitative estimate of drug-likeness (QED) is 0.693. The second-order valence-electron chi connectivity index (χ2n) is 4.90. The second kappa shape index (κ2) is 4.28. The molecule has 0 aromatic carbocycles. The lowest BCUT2D eigenvalue weighted by molar-refractivity contribution is -0.133. The fourth-order valence-electron chi connectivity index (χ4n) is 2.39. The van der Waals surface area contributed by atoms with E-state index in [-0.39, 0.29) is 10.8 Å². The summed E-state index contributed by atoms with van der Waals surface area (Å²) in [5, 5.41) is 0.238. The van der Waals surface area contributed by atoms with Crippen molar-refractivity contribution in [3.63, 3.8) is 0 Å². The molecule has 0 N–H and O–H groups in total. The van der Waals surface area contributed by atoms with E-state index in [1.54, 1.807) is 0 Å². The molecule has 0 radical (unpaired) electrons. The molecule has 2 atom stereocenters. The van der Waals surface area contributed by atoms with Crippen molar-refractivity contribution in [2.24, 2.45) is 0 Å². The monoisotopic (exact) mass is 291 g/mol. The smallest absolute Gasteiger partial charge is 0.236 e. The largest absolute Gasteiger partial charge is 0.335 e. The van der Waals surface area contributed by atoms with Crippen LogP contribution in [0.4, 0.5) is 0 Å². The number of rotatable bonds is 1. The number of hydrogen-bond acceptors (Lipinski definition) is 2. The Balaban J connectivity index is 2.07. The highest BCUT2D eigenvalue weighted by atomic mass is 79.9. The van der Waals surface area contributed by atoms with Gasteiger partial charge in [0.1, 0.15) is 0 Å². The maximum absolute atomic E-state index is 12.3. The highest BCUT2D eigenvalue weighted by molar-refractivity contribution is 9.09. The highest BCUT2D eigenvalue weighted by Crippen LogP contribution is 2.37. The van der Waals surface area contributed by atoms with Crippen molar-refractivity contribution in [1.82, 2.24) is 4.90 Å². The van der Waals surface area contributed by atoms with Crippen molar-refractivity contribution >= 4 is 33.6 Å². The summed E-state index contributed by atoms with van der Waals surface area (Å²) >= 11 is 5.51. The average Bonchev–Trinajstić information content (AvgIpc) is 2.76. The fourth-order valence-corrected chi connectivity index (χ4v) is 4.07. The molecule has 0 aromatic rings. The van der Waals surface area contributed by atoms with Crippen LogP contribution in [0.5, 0.6) is 0 Å². The molecule has 4 heteroatoms. The molecule has 2 rings (SSSR count). The van der Waals surface area contributed by atoms with Crippen LogP contribution in [0.1, 0.15) is 33.1 Å². The first kappa shape index (κ1) is 11.8. The summed E-state index contributed by atoms with van der Waals surface area (Å²) < 4.78 is 0. The molecule has 1 amide bonds. The highest BCUT2D eigenvalue weighted by Gasteiger charge is 2.44. The average molecular weight is 292 g/mol. The molecule has 15 heavy (non-hydrogen) atoms. The Bertz CT molecular complexity index is 263. The van der Waals surface area contributed by atoms with Gasteiger partial charge in [0.25, 0.3) is 0 Å². The molecule has 2 heterocycles. The van der Waals surface area contributed by atoms with Gasteiger partial charge in [0.15, 0.2) is 0 Å². The minimum Gasteiger partial charge on any atom is -0.335 e. The van der Waals surface area contributed by atoms with Crippen LogP contribution in [0.2, 0.25) is 0 Å². The zero-order valence-corrected chi connectivity index (χ0v) is 11.7. The van der Waals surface area contributed by atoms with Gasteiger partial charge in [-0.15, -0.1) is 11.8 Å². The van der Waals surface area contributed by atoms with Crippen LogP contribution in [0.3, 0.4) is 0 Å². The van der Waals surface area contributed by atoms with Crippen LogP contribution in [0, 0.1) is 0 Å². The van der Waals surface area contributed by atoms with Gasteiger partial charge in [-0.3, -0.25) is 4.79 Å². The first-order valence-corrected chi connectivity index (χ1v) is 7.57. The molecule has 0 aromatic heterocycles. The van der Waals surface area contributed by atoms with E-state index < -0.39 is 0 Å². The Labute approximate surface area is 104 Å². The first-order chi connectivity index (χ1) is 7.03. The van der Waals surface area contributed by atoms with E-state index in [0.717, 1.165) is 25.1 Å². The van der Waals surface area contributed by atoms with E-state index in [9.17, 15) is 4.79 Å². The van der Waals surface area contributed by atoms with E-state index in [1.807, 2.05) is 11.8 Å². The Kier molecular flexibility index (Phi) is 3.36. The topological polar surface area (TPSA) is 20.3 Å². The van der Waals surface area contributed by atoms with E-state index in [0.29, 0.717) is 10.7 Å². The summed E-state index contributed by atoms with van der Waals surface area (Å²) in [6, 6.07) is 0. The Hall–Kier alpha value is 0.300. The van der Waals surface area contributed by atoms with Gasteiger partial charge < -0.3 is 4.90 Å². The zero-order valence-electron chi connectivity index (χ0n) is 9.33. The number of halogens is 1. The number of nitrogens with zero attached hydrogens (tertiary/aromatic N) is 1. The van der Waals surface area contributed by atoms with Crippen molar-refractivity contribution in [3.05, 3.63) is 0 Å². The van der Waals surface area contributed by atoms with Gasteiger partial charge in [-0.05, 0) is 38.9 Å². The molecule has 2 aliphatic heterocycles. The summed E-state index contributed by atoms with van der Waals surface area (Å²) in [5.74, 6) is 1.52. The molecule has 86 valence electrons. The van der Waals surface area contributed by atoms with E-state index in [2.05, 4.69) is 34.7 Å². The number of alkyl halides is 1. The predicted molar refractivity (Wildman–Crippen MR) is 68.6 cm³/mol. The lowest BCUT2D eigenvalue weighted by atomic mass is 10.0. The number of carbonyl (C=O) groups excluding carboxylic acids is 1. The summed E-state index contributed by atoms with van der Waals surface area (Å²) in [5.41, 5.74) is -0.0137. The number of likely N-dealkylation sites (tertiary alicyclic amines) is 1. The van der Waals surface area contributed by atoms with Crippen LogP contribution in [-0.4, -0.2) is 38.7 Å². The maximum atomic E-state index is 12.3. The Morgan fingerprint density at radius 2 is 2.20 bits per heavy atom. The van der Waals surface area contributed by atoms with Gasteiger partial charge >= 0.3 is 0 Å². The Morgan fingerprint density at radius 3 is 2.67 bits per heavy atom. The third-order valence-corrected chi connectivity index (χ3v) is 6.48. The van der Waals surface area contributed by atoms with Crippen molar-refractivity contribution in [2.75, 3.05) is 12.3 Å². The van der Waals surface area contributed by atoms with E-state index in [4.69, 9.17) is 0 Å². The van der Waals surface area contributed by atoms with Gasteiger partial charge in [-0.2, -0.15) is 0 Å².